The zero-order valence-electron chi connectivity index (χ0n) is 12.5. The van der Waals surface area contributed by atoms with Crippen molar-refractivity contribution in [2.24, 2.45) is 0 Å². The number of carbonyl (C=O) groups is 1. The fourth-order valence-corrected chi connectivity index (χ4v) is 1.81. The summed E-state index contributed by atoms with van der Waals surface area (Å²) in [5.41, 5.74) is 8.14. The smallest absolute Gasteiger partial charge is 0.225 e. The van der Waals surface area contributed by atoms with E-state index in [2.05, 4.69) is 5.32 Å². The molecule has 0 fully saturated rings. The molecule has 0 saturated carbocycles. The number of anilines is 2. The minimum Gasteiger partial charge on any atom is -0.398 e. The van der Waals surface area contributed by atoms with E-state index in [-0.39, 0.29) is 12.0 Å². The molecule has 5 nitrogen and oxygen atoms in total. The molecule has 0 aliphatic heterocycles. The number of aliphatic hydroxyl groups is 1. The van der Waals surface area contributed by atoms with Crippen LogP contribution in [0.25, 0.3) is 0 Å². The summed E-state index contributed by atoms with van der Waals surface area (Å²) in [5.74, 6) is -0.0254. The zero-order valence-corrected chi connectivity index (χ0v) is 12.5. The van der Waals surface area contributed by atoms with Gasteiger partial charge in [-0.25, -0.2) is 0 Å². The number of benzene rings is 1. The highest BCUT2D eigenvalue weighted by Crippen LogP contribution is 2.20. The van der Waals surface area contributed by atoms with Crippen molar-refractivity contribution in [3.05, 3.63) is 23.8 Å². The molecule has 0 aromatic heterocycles. The molecule has 1 aromatic rings. The summed E-state index contributed by atoms with van der Waals surface area (Å²) in [6.07, 6.45) is 0.831. The first-order valence-electron chi connectivity index (χ1n) is 6.91. The van der Waals surface area contributed by atoms with Gasteiger partial charge in [0.15, 0.2) is 0 Å². The topological polar surface area (TPSA) is 78.6 Å². The van der Waals surface area contributed by atoms with E-state index in [1.807, 2.05) is 37.1 Å². The number of nitrogens with zero attached hydrogens (tertiary/aromatic N) is 1. The van der Waals surface area contributed by atoms with Crippen molar-refractivity contribution < 1.29 is 9.90 Å². The second kappa shape index (κ2) is 7.87. The minimum absolute atomic E-state index is 0.0254. The maximum Gasteiger partial charge on any atom is 0.225 e. The van der Waals surface area contributed by atoms with E-state index in [0.29, 0.717) is 25.1 Å². The van der Waals surface area contributed by atoms with Gasteiger partial charge in [0.05, 0.1) is 6.10 Å². The van der Waals surface area contributed by atoms with Crippen molar-refractivity contribution in [1.29, 1.82) is 0 Å². The highest BCUT2D eigenvalue weighted by molar-refractivity contribution is 5.92. The Morgan fingerprint density at radius 1 is 1.45 bits per heavy atom. The second-order valence-electron chi connectivity index (χ2n) is 5.26. The third-order valence-corrected chi connectivity index (χ3v) is 3.30. The van der Waals surface area contributed by atoms with Crippen molar-refractivity contribution in [3.63, 3.8) is 0 Å². The summed E-state index contributed by atoms with van der Waals surface area (Å²) in [4.78, 5) is 13.9. The van der Waals surface area contributed by atoms with Crippen LogP contribution in [0.3, 0.4) is 0 Å². The van der Waals surface area contributed by atoms with Gasteiger partial charge in [-0.05, 0) is 45.0 Å². The maximum atomic E-state index is 11.9. The fraction of sp³-hybridized carbons (Fsp3) is 0.533. The Morgan fingerprint density at radius 3 is 2.80 bits per heavy atom. The molecule has 5 heteroatoms. The Hall–Kier alpha value is -1.59. The number of hydrogen-bond acceptors (Lipinski definition) is 4. The Morgan fingerprint density at radius 2 is 2.15 bits per heavy atom. The standard InChI is InChI=1S/C15H25N3O2/c1-11(19)7-9-18(3)10-8-15(20)17-14-6-4-5-13(16)12(14)2/h4-6,11,19H,7-10,16H2,1-3H3,(H,17,20). The molecular weight excluding hydrogens is 254 g/mol. The van der Waals surface area contributed by atoms with Gasteiger partial charge in [-0.1, -0.05) is 6.07 Å². The fourth-order valence-electron chi connectivity index (χ4n) is 1.81. The molecule has 0 spiro atoms. The molecule has 1 aromatic carbocycles. The SMILES string of the molecule is Cc1c(N)cccc1NC(=O)CCN(C)CCC(C)O. The summed E-state index contributed by atoms with van der Waals surface area (Å²) >= 11 is 0. The van der Waals surface area contributed by atoms with Crippen molar-refractivity contribution in [3.8, 4) is 0 Å². The molecular formula is C15H25N3O2. The highest BCUT2D eigenvalue weighted by Gasteiger charge is 2.08. The number of amides is 1. The van der Waals surface area contributed by atoms with Crippen molar-refractivity contribution >= 4 is 17.3 Å². The first kappa shape index (κ1) is 16.5. The van der Waals surface area contributed by atoms with E-state index in [9.17, 15) is 9.90 Å². The molecule has 1 unspecified atom stereocenters. The van der Waals surface area contributed by atoms with Crippen LogP contribution in [0.2, 0.25) is 0 Å². The van der Waals surface area contributed by atoms with Crippen LogP contribution >= 0.6 is 0 Å². The second-order valence-corrected chi connectivity index (χ2v) is 5.26. The average Bonchev–Trinajstić information content (AvgIpc) is 2.39. The monoisotopic (exact) mass is 279 g/mol. The number of aliphatic hydroxyl groups excluding tert-OH is 1. The van der Waals surface area contributed by atoms with Gasteiger partial charge in [-0.15, -0.1) is 0 Å². The van der Waals surface area contributed by atoms with E-state index in [4.69, 9.17) is 5.73 Å². The molecule has 1 atom stereocenters. The van der Waals surface area contributed by atoms with Gasteiger partial charge in [0.25, 0.3) is 0 Å². The first-order valence-corrected chi connectivity index (χ1v) is 6.91. The van der Waals surface area contributed by atoms with Crippen LogP contribution in [-0.4, -0.2) is 42.2 Å². The van der Waals surface area contributed by atoms with Crippen LogP contribution < -0.4 is 11.1 Å². The van der Waals surface area contributed by atoms with Crippen LogP contribution in [0.1, 0.15) is 25.3 Å². The molecule has 4 N–H and O–H groups in total. The van der Waals surface area contributed by atoms with E-state index in [1.54, 1.807) is 6.92 Å². The average molecular weight is 279 g/mol. The zero-order chi connectivity index (χ0) is 15.1. The number of carbonyl (C=O) groups excluding carboxylic acids is 1. The maximum absolute atomic E-state index is 11.9. The number of rotatable bonds is 7. The van der Waals surface area contributed by atoms with Crippen molar-refractivity contribution in [2.75, 3.05) is 31.2 Å². The molecule has 0 saturated heterocycles. The quantitative estimate of drug-likeness (QED) is 0.663. The normalized spacial score (nSPS) is 12.4. The molecule has 1 amide bonds. The van der Waals surface area contributed by atoms with Gasteiger partial charge in [-0.2, -0.15) is 0 Å². The minimum atomic E-state index is -0.304. The molecule has 1 rings (SSSR count). The molecule has 0 aliphatic carbocycles. The van der Waals surface area contributed by atoms with Gasteiger partial charge in [-0.3, -0.25) is 4.79 Å². The lowest BCUT2D eigenvalue weighted by Crippen LogP contribution is -2.27. The largest absolute Gasteiger partial charge is 0.398 e. The number of nitrogens with one attached hydrogen (secondary N) is 1. The van der Waals surface area contributed by atoms with Crippen LogP contribution in [0.5, 0.6) is 0 Å². The Bertz CT molecular complexity index is 447. The first-order chi connectivity index (χ1) is 9.40. The number of hydrogen-bond donors (Lipinski definition) is 3. The molecule has 20 heavy (non-hydrogen) atoms. The summed E-state index contributed by atoms with van der Waals surface area (Å²) in [6, 6.07) is 5.49. The predicted octanol–water partition coefficient (Wildman–Crippen LogP) is 1.61. The van der Waals surface area contributed by atoms with E-state index in [0.717, 1.165) is 17.8 Å². The van der Waals surface area contributed by atoms with Crippen molar-refractivity contribution in [1.82, 2.24) is 4.90 Å². The van der Waals surface area contributed by atoms with Gasteiger partial charge < -0.3 is 21.1 Å². The van der Waals surface area contributed by atoms with Gasteiger partial charge in [0.1, 0.15) is 0 Å². The molecule has 0 bridgehead atoms. The van der Waals surface area contributed by atoms with E-state index >= 15 is 0 Å². The van der Waals surface area contributed by atoms with Crippen molar-refractivity contribution in [2.45, 2.75) is 32.8 Å². The molecule has 0 radical (unpaired) electrons. The Kier molecular flexibility index (Phi) is 6.48. The highest BCUT2D eigenvalue weighted by atomic mass is 16.3. The van der Waals surface area contributed by atoms with E-state index < -0.39 is 0 Å². The third kappa shape index (κ3) is 5.59. The lowest BCUT2D eigenvalue weighted by Gasteiger charge is -2.17. The number of nitrogen functional groups attached to an aromatic ring is 1. The molecule has 112 valence electrons. The summed E-state index contributed by atoms with van der Waals surface area (Å²) < 4.78 is 0. The Balaban J connectivity index is 2.38. The van der Waals surface area contributed by atoms with E-state index in [1.165, 1.54) is 0 Å². The third-order valence-electron chi connectivity index (χ3n) is 3.30. The molecule has 0 aliphatic rings. The van der Waals surface area contributed by atoms with Crippen LogP contribution in [0.15, 0.2) is 18.2 Å². The van der Waals surface area contributed by atoms with Crippen LogP contribution in [0.4, 0.5) is 11.4 Å². The van der Waals surface area contributed by atoms with Gasteiger partial charge >= 0.3 is 0 Å². The number of nitrogens with two attached hydrogens (primary N) is 1. The lowest BCUT2D eigenvalue weighted by atomic mass is 10.1. The predicted molar refractivity (Wildman–Crippen MR) is 82.6 cm³/mol. The molecule has 0 heterocycles. The van der Waals surface area contributed by atoms with Gasteiger partial charge in [0.2, 0.25) is 5.91 Å². The summed E-state index contributed by atoms with van der Waals surface area (Å²) in [7, 11) is 1.95. The van der Waals surface area contributed by atoms with Gasteiger partial charge in [0, 0.05) is 30.9 Å². The summed E-state index contributed by atoms with van der Waals surface area (Å²) in [6.45, 7) is 5.10. The lowest BCUT2D eigenvalue weighted by molar-refractivity contribution is -0.116. The van der Waals surface area contributed by atoms with Crippen LogP contribution in [0, 0.1) is 6.92 Å². The van der Waals surface area contributed by atoms with Crippen LogP contribution in [-0.2, 0) is 4.79 Å². The Labute approximate surface area is 120 Å². The summed E-state index contributed by atoms with van der Waals surface area (Å²) in [5, 5.41) is 12.1.